The molecule has 0 atom stereocenters. The summed E-state index contributed by atoms with van der Waals surface area (Å²) in [5.74, 6) is -0.182. The Labute approximate surface area is 73.2 Å². The first-order valence-electron chi connectivity index (χ1n) is 4.70. The third-order valence-corrected chi connectivity index (χ3v) is 2.21. The van der Waals surface area contributed by atoms with Crippen LogP contribution >= 0.6 is 0 Å². The second kappa shape index (κ2) is 3.90. The van der Waals surface area contributed by atoms with E-state index in [1.54, 1.807) is 0 Å². The topological polar surface area (TPSA) is 49.3 Å². The minimum atomic E-state index is -0.994. The average Bonchev–Trinajstić information content (AvgIpc) is 2.78. The van der Waals surface area contributed by atoms with Crippen molar-refractivity contribution in [3.8, 4) is 0 Å². The zero-order chi connectivity index (χ0) is 9.03. The first-order chi connectivity index (χ1) is 5.69. The molecule has 1 fully saturated rings. The SMILES string of the molecule is CCCCCNC(=O)C1(O)CC1. The van der Waals surface area contributed by atoms with Gasteiger partial charge in [-0.25, -0.2) is 0 Å². The molecule has 0 aromatic rings. The number of unbranched alkanes of at least 4 members (excludes halogenated alkanes) is 2. The molecule has 2 N–H and O–H groups in total. The number of rotatable bonds is 5. The van der Waals surface area contributed by atoms with Gasteiger partial charge < -0.3 is 10.4 Å². The molecule has 1 aliphatic carbocycles. The number of aliphatic hydroxyl groups is 1. The molecule has 3 heteroatoms. The molecule has 1 rings (SSSR count). The molecule has 1 amide bonds. The summed E-state index contributed by atoms with van der Waals surface area (Å²) in [4.78, 5) is 11.1. The average molecular weight is 171 g/mol. The quantitative estimate of drug-likeness (QED) is 0.602. The lowest BCUT2D eigenvalue weighted by Gasteiger charge is -2.08. The fraction of sp³-hybridized carbons (Fsp3) is 0.889. The van der Waals surface area contributed by atoms with Gasteiger partial charge in [-0.15, -0.1) is 0 Å². The molecule has 0 bridgehead atoms. The Balaban J connectivity index is 2.03. The predicted octanol–water partition coefficient (Wildman–Crippen LogP) is 0.818. The van der Waals surface area contributed by atoms with Crippen molar-refractivity contribution in [3.05, 3.63) is 0 Å². The van der Waals surface area contributed by atoms with Crippen LogP contribution in [-0.4, -0.2) is 23.2 Å². The van der Waals surface area contributed by atoms with E-state index in [2.05, 4.69) is 12.2 Å². The van der Waals surface area contributed by atoms with Gasteiger partial charge >= 0.3 is 0 Å². The first-order valence-corrected chi connectivity index (χ1v) is 4.70. The van der Waals surface area contributed by atoms with Gasteiger partial charge in [0.05, 0.1) is 0 Å². The maximum absolute atomic E-state index is 11.1. The normalized spacial score (nSPS) is 18.8. The van der Waals surface area contributed by atoms with Crippen molar-refractivity contribution < 1.29 is 9.90 Å². The summed E-state index contributed by atoms with van der Waals surface area (Å²) in [6.45, 7) is 2.82. The Bertz CT molecular complexity index is 164. The number of carbonyl (C=O) groups excluding carboxylic acids is 1. The molecule has 0 aromatic carbocycles. The van der Waals surface area contributed by atoms with Gasteiger partial charge in [-0.05, 0) is 19.3 Å². The van der Waals surface area contributed by atoms with Crippen LogP contribution in [0.2, 0.25) is 0 Å². The van der Waals surface area contributed by atoms with Crippen LogP contribution in [-0.2, 0) is 4.79 Å². The van der Waals surface area contributed by atoms with Crippen LogP contribution in [0.3, 0.4) is 0 Å². The number of hydrogen-bond acceptors (Lipinski definition) is 2. The molecule has 3 nitrogen and oxygen atoms in total. The van der Waals surface area contributed by atoms with Gasteiger partial charge in [0.25, 0.3) is 5.91 Å². The summed E-state index contributed by atoms with van der Waals surface area (Å²) in [7, 11) is 0. The summed E-state index contributed by atoms with van der Waals surface area (Å²) in [5, 5.41) is 12.1. The van der Waals surface area contributed by atoms with E-state index in [0.29, 0.717) is 19.4 Å². The highest BCUT2D eigenvalue weighted by atomic mass is 16.3. The van der Waals surface area contributed by atoms with Crippen molar-refractivity contribution in [2.45, 2.75) is 44.6 Å². The van der Waals surface area contributed by atoms with Crippen molar-refractivity contribution in [2.75, 3.05) is 6.54 Å². The van der Waals surface area contributed by atoms with E-state index in [1.165, 1.54) is 0 Å². The van der Waals surface area contributed by atoms with Crippen LogP contribution in [0.15, 0.2) is 0 Å². The molecule has 0 aliphatic heterocycles. The van der Waals surface area contributed by atoms with Gasteiger partial charge in [-0.2, -0.15) is 0 Å². The van der Waals surface area contributed by atoms with Crippen LogP contribution in [0.4, 0.5) is 0 Å². The third-order valence-electron chi connectivity index (χ3n) is 2.21. The van der Waals surface area contributed by atoms with Crippen molar-refractivity contribution in [2.24, 2.45) is 0 Å². The fourth-order valence-corrected chi connectivity index (χ4v) is 1.09. The second-order valence-electron chi connectivity index (χ2n) is 3.49. The Kier molecular flexibility index (Phi) is 3.09. The monoisotopic (exact) mass is 171 g/mol. The van der Waals surface area contributed by atoms with Crippen molar-refractivity contribution in [1.29, 1.82) is 0 Å². The Hall–Kier alpha value is -0.570. The first kappa shape index (κ1) is 9.52. The van der Waals surface area contributed by atoms with E-state index in [9.17, 15) is 9.90 Å². The smallest absolute Gasteiger partial charge is 0.251 e. The van der Waals surface area contributed by atoms with Gasteiger partial charge in [-0.3, -0.25) is 4.79 Å². The zero-order valence-corrected chi connectivity index (χ0v) is 7.60. The molecular weight excluding hydrogens is 154 g/mol. The van der Waals surface area contributed by atoms with Gasteiger partial charge in [0.2, 0.25) is 0 Å². The molecule has 1 aliphatic rings. The molecule has 0 saturated heterocycles. The largest absolute Gasteiger partial charge is 0.380 e. The molecule has 0 spiro atoms. The minimum absolute atomic E-state index is 0.182. The molecule has 12 heavy (non-hydrogen) atoms. The second-order valence-corrected chi connectivity index (χ2v) is 3.49. The Morgan fingerprint density at radius 3 is 2.67 bits per heavy atom. The highest BCUT2D eigenvalue weighted by Gasteiger charge is 2.47. The van der Waals surface area contributed by atoms with Crippen molar-refractivity contribution in [1.82, 2.24) is 5.32 Å². The van der Waals surface area contributed by atoms with Crippen molar-refractivity contribution >= 4 is 5.91 Å². The summed E-state index contributed by atoms with van der Waals surface area (Å²) in [6, 6.07) is 0. The van der Waals surface area contributed by atoms with Crippen LogP contribution in [0.25, 0.3) is 0 Å². The van der Waals surface area contributed by atoms with E-state index in [-0.39, 0.29) is 5.91 Å². The van der Waals surface area contributed by atoms with Crippen LogP contribution < -0.4 is 5.32 Å². The maximum atomic E-state index is 11.1. The lowest BCUT2D eigenvalue weighted by molar-refractivity contribution is -0.131. The summed E-state index contributed by atoms with van der Waals surface area (Å²) >= 11 is 0. The molecule has 0 aromatic heterocycles. The lowest BCUT2D eigenvalue weighted by Crippen LogP contribution is -2.36. The molecule has 0 radical (unpaired) electrons. The molecule has 70 valence electrons. The minimum Gasteiger partial charge on any atom is -0.380 e. The fourth-order valence-electron chi connectivity index (χ4n) is 1.09. The maximum Gasteiger partial charge on any atom is 0.251 e. The van der Waals surface area contributed by atoms with Gasteiger partial charge in [0, 0.05) is 6.54 Å². The van der Waals surface area contributed by atoms with Gasteiger partial charge in [0.1, 0.15) is 5.60 Å². The zero-order valence-electron chi connectivity index (χ0n) is 7.60. The van der Waals surface area contributed by atoms with E-state index in [4.69, 9.17) is 0 Å². The number of hydrogen-bond donors (Lipinski definition) is 2. The summed E-state index contributed by atoms with van der Waals surface area (Å²) < 4.78 is 0. The number of carbonyl (C=O) groups is 1. The Morgan fingerprint density at radius 2 is 2.17 bits per heavy atom. The lowest BCUT2D eigenvalue weighted by atomic mass is 10.2. The Morgan fingerprint density at radius 1 is 1.50 bits per heavy atom. The van der Waals surface area contributed by atoms with E-state index < -0.39 is 5.60 Å². The van der Waals surface area contributed by atoms with Crippen molar-refractivity contribution in [3.63, 3.8) is 0 Å². The third kappa shape index (κ3) is 2.48. The highest BCUT2D eigenvalue weighted by Crippen LogP contribution is 2.34. The molecule has 1 saturated carbocycles. The van der Waals surface area contributed by atoms with Crippen LogP contribution in [0, 0.1) is 0 Å². The number of nitrogens with one attached hydrogen (secondary N) is 1. The molecular formula is C9H17NO2. The van der Waals surface area contributed by atoms with Gasteiger partial charge in [-0.1, -0.05) is 19.8 Å². The van der Waals surface area contributed by atoms with E-state index >= 15 is 0 Å². The standard InChI is InChI=1S/C9H17NO2/c1-2-3-4-7-10-8(11)9(12)5-6-9/h12H,2-7H2,1H3,(H,10,11). The van der Waals surface area contributed by atoms with E-state index in [0.717, 1.165) is 19.3 Å². The summed E-state index contributed by atoms with van der Waals surface area (Å²) in [6.07, 6.45) is 4.57. The summed E-state index contributed by atoms with van der Waals surface area (Å²) in [5.41, 5.74) is -0.994. The number of amides is 1. The van der Waals surface area contributed by atoms with E-state index in [1.807, 2.05) is 0 Å². The van der Waals surface area contributed by atoms with Gasteiger partial charge in [0.15, 0.2) is 0 Å². The predicted molar refractivity (Wildman–Crippen MR) is 46.7 cm³/mol. The van der Waals surface area contributed by atoms with Crippen LogP contribution in [0.5, 0.6) is 0 Å². The van der Waals surface area contributed by atoms with Crippen LogP contribution in [0.1, 0.15) is 39.0 Å². The molecule has 0 heterocycles. The molecule has 0 unspecified atom stereocenters. The highest BCUT2D eigenvalue weighted by molar-refractivity contribution is 5.87.